The fourth-order valence-corrected chi connectivity index (χ4v) is 3.11. The molecule has 0 spiro atoms. The molecule has 2 aromatic rings. The first kappa shape index (κ1) is 14.0. The van der Waals surface area contributed by atoms with Crippen LogP contribution in [0.15, 0.2) is 36.5 Å². The van der Waals surface area contributed by atoms with Gasteiger partial charge in [-0.15, -0.1) is 0 Å². The number of primary amides is 1. The molecule has 110 valence electrons. The Bertz CT molecular complexity index is 654. The number of benzene rings is 1. The zero-order chi connectivity index (χ0) is 14.8. The van der Waals surface area contributed by atoms with E-state index in [4.69, 9.17) is 5.73 Å². The molecule has 1 fully saturated rings. The Morgan fingerprint density at radius 1 is 1.33 bits per heavy atom. The highest BCUT2D eigenvalue weighted by Crippen LogP contribution is 2.25. The average Bonchev–Trinajstić information content (AvgIpc) is 2.78. The van der Waals surface area contributed by atoms with Gasteiger partial charge in [0.05, 0.1) is 18.2 Å². The van der Waals surface area contributed by atoms with Crippen LogP contribution in [0, 0.1) is 5.92 Å². The molecule has 1 aliphatic heterocycles. The van der Waals surface area contributed by atoms with Gasteiger partial charge in [-0.2, -0.15) is 0 Å². The summed E-state index contributed by atoms with van der Waals surface area (Å²) in [5, 5.41) is 11.3. The molecule has 2 atom stereocenters. The van der Waals surface area contributed by atoms with E-state index in [9.17, 15) is 9.90 Å². The van der Waals surface area contributed by atoms with Crippen molar-refractivity contribution in [2.45, 2.75) is 12.5 Å². The number of fused-ring (bicyclic) bond motifs is 1. The van der Waals surface area contributed by atoms with Crippen molar-refractivity contribution in [3.8, 4) is 0 Å². The third-order valence-corrected chi connectivity index (χ3v) is 4.08. The molecule has 0 aliphatic carbocycles. The van der Waals surface area contributed by atoms with Gasteiger partial charge in [0.15, 0.2) is 0 Å². The van der Waals surface area contributed by atoms with E-state index in [0.29, 0.717) is 13.1 Å². The maximum atomic E-state index is 11.0. The lowest BCUT2D eigenvalue weighted by molar-refractivity contribution is -0.119. The Labute approximate surface area is 123 Å². The summed E-state index contributed by atoms with van der Waals surface area (Å²) in [7, 11) is 0. The molecule has 0 radical (unpaired) electrons. The number of pyridine rings is 1. The number of β-amino-alcohol motifs (C(OH)–C–C–N with tert-alkyl or cyclic N) is 1. The number of para-hydroxylation sites is 1. The Kier molecular flexibility index (Phi) is 3.86. The van der Waals surface area contributed by atoms with Crippen LogP contribution in [-0.2, 0) is 11.2 Å². The summed E-state index contributed by atoms with van der Waals surface area (Å²) in [6, 6.07) is 10.0. The van der Waals surface area contributed by atoms with Crippen molar-refractivity contribution < 1.29 is 9.90 Å². The van der Waals surface area contributed by atoms with E-state index in [1.165, 1.54) is 5.56 Å². The number of carbonyl (C=O) groups excluding carboxylic acids is 1. The van der Waals surface area contributed by atoms with Gasteiger partial charge in [0.1, 0.15) is 0 Å². The van der Waals surface area contributed by atoms with Crippen LogP contribution >= 0.6 is 0 Å². The summed E-state index contributed by atoms with van der Waals surface area (Å²) in [5.41, 5.74) is 7.37. The maximum absolute atomic E-state index is 11.0. The van der Waals surface area contributed by atoms with Crippen LogP contribution in [0.3, 0.4) is 0 Å². The number of aliphatic hydroxyl groups is 1. The minimum Gasteiger partial charge on any atom is -0.391 e. The quantitative estimate of drug-likeness (QED) is 0.860. The fraction of sp³-hybridized carbons (Fsp3) is 0.375. The van der Waals surface area contributed by atoms with Crippen LogP contribution < -0.4 is 5.73 Å². The van der Waals surface area contributed by atoms with Gasteiger partial charge < -0.3 is 10.8 Å². The summed E-state index contributed by atoms with van der Waals surface area (Å²) in [6.07, 6.45) is 2.16. The van der Waals surface area contributed by atoms with Crippen molar-refractivity contribution >= 4 is 16.8 Å². The second-order valence-electron chi connectivity index (χ2n) is 5.68. The van der Waals surface area contributed by atoms with Crippen LogP contribution in [0.4, 0.5) is 0 Å². The molecule has 5 heteroatoms. The molecule has 2 heterocycles. The molecule has 3 N–H and O–H groups in total. The zero-order valence-corrected chi connectivity index (χ0v) is 11.8. The van der Waals surface area contributed by atoms with Crippen molar-refractivity contribution in [2.24, 2.45) is 11.7 Å². The van der Waals surface area contributed by atoms with E-state index in [1.54, 1.807) is 6.20 Å². The lowest BCUT2D eigenvalue weighted by Gasteiger charge is -2.15. The van der Waals surface area contributed by atoms with Crippen molar-refractivity contribution in [1.82, 2.24) is 9.88 Å². The van der Waals surface area contributed by atoms with Crippen LogP contribution in [0.1, 0.15) is 5.56 Å². The fourth-order valence-electron chi connectivity index (χ4n) is 3.11. The predicted molar refractivity (Wildman–Crippen MR) is 80.6 cm³/mol. The smallest absolute Gasteiger partial charge is 0.231 e. The number of hydrogen-bond donors (Lipinski definition) is 2. The molecule has 1 amide bonds. The number of nitrogens with zero attached hydrogens (tertiary/aromatic N) is 2. The van der Waals surface area contributed by atoms with Gasteiger partial charge in [-0.25, -0.2) is 0 Å². The molecule has 0 unspecified atom stereocenters. The Balaban J connectivity index is 1.78. The largest absolute Gasteiger partial charge is 0.391 e. The summed E-state index contributed by atoms with van der Waals surface area (Å²) in [4.78, 5) is 17.3. The van der Waals surface area contributed by atoms with Gasteiger partial charge in [0.2, 0.25) is 5.91 Å². The molecule has 1 saturated heterocycles. The highest BCUT2D eigenvalue weighted by atomic mass is 16.3. The molecule has 1 aliphatic rings. The number of rotatable bonds is 4. The molecular weight excluding hydrogens is 266 g/mol. The molecule has 1 aromatic carbocycles. The van der Waals surface area contributed by atoms with Gasteiger partial charge in [0.25, 0.3) is 0 Å². The van der Waals surface area contributed by atoms with Gasteiger partial charge in [-0.05, 0) is 24.1 Å². The van der Waals surface area contributed by atoms with Gasteiger partial charge >= 0.3 is 0 Å². The topological polar surface area (TPSA) is 79.5 Å². The molecule has 5 nitrogen and oxygen atoms in total. The SMILES string of the molecule is NC(=O)CN1C[C@@H](Cc2ccnc3ccccc23)[C@@H](O)C1. The van der Waals surface area contributed by atoms with Gasteiger partial charge in [-0.1, -0.05) is 18.2 Å². The number of carbonyl (C=O) groups is 1. The molecule has 0 bridgehead atoms. The van der Waals surface area contributed by atoms with E-state index < -0.39 is 6.10 Å². The lowest BCUT2D eigenvalue weighted by Crippen LogP contribution is -2.32. The monoisotopic (exact) mass is 285 g/mol. The zero-order valence-electron chi connectivity index (χ0n) is 11.8. The third-order valence-electron chi connectivity index (χ3n) is 4.08. The average molecular weight is 285 g/mol. The predicted octanol–water partition coefficient (Wildman–Crippen LogP) is 0.555. The summed E-state index contributed by atoms with van der Waals surface area (Å²) >= 11 is 0. The second kappa shape index (κ2) is 5.79. The summed E-state index contributed by atoms with van der Waals surface area (Å²) in [6.45, 7) is 1.42. The van der Waals surface area contributed by atoms with Crippen molar-refractivity contribution in [2.75, 3.05) is 19.6 Å². The van der Waals surface area contributed by atoms with E-state index in [-0.39, 0.29) is 18.4 Å². The van der Waals surface area contributed by atoms with Gasteiger partial charge in [-0.3, -0.25) is 14.7 Å². The minimum absolute atomic E-state index is 0.121. The van der Waals surface area contributed by atoms with Crippen molar-refractivity contribution in [3.05, 3.63) is 42.1 Å². The van der Waals surface area contributed by atoms with Crippen LogP contribution in [0.5, 0.6) is 0 Å². The van der Waals surface area contributed by atoms with Crippen LogP contribution in [0.2, 0.25) is 0 Å². The molecule has 1 aromatic heterocycles. The first-order valence-corrected chi connectivity index (χ1v) is 7.15. The van der Waals surface area contributed by atoms with E-state index in [2.05, 4.69) is 11.1 Å². The van der Waals surface area contributed by atoms with Gasteiger partial charge in [0, 0.05) is 30.6 Å². The summed E-state index contributed by atoms with van der Waals surface area (Å²) < 4.78 is 0. The van der Waals surface area contributed by atoms with Crippen molar-refractivity contribution in [1.29, 1.82) is 0 Å². The summed E-state index contributed by atoms with van der Waals surface area (Å²) in [5.74, 6) is -0.229. The first-order chi connectivity index (χ1) is 10.1. The Morgan fingerprint density at radius 2 is 2.14 bits per heavy atom. The number of aliphatic hydroxyl groups excluding tert-OH is 1. The molecule has 3 rings (SSSR count). The van der Waals surface area contributed by atoms with E-state index >= 15 is 0 Å². The number of aromatic nitrogens is 1. The molecular formula is C16H19N3O2. The van der Waals surface area contributed by atoms with E-state index in [0.717, 1.165) is 17.3 Å². The van der Waals surface area contributed by atoms with Crippen molar-refractivity contribution in [3.63, 3.8) is 0 Å². The van der Waals surface area contributed by atoms with Crippen LogP contribution in [0.25, 0.3) is 10.9 Å². The Hall–Kier alpha value is -1.98. The lowest BCUT2D eigenvalue weighted by atomic mass is 9.94. The third kappa shape index (κ3) is 3.04. The second-order valence-corrected chi connectivity index (χ2v) is 5.68. The minimum atomic E-state index is -0.420. The van der Waals surface area contributed by atoms with Crippen LogP contribution in [-0.4, -0.2) is 46.6 Å². The Morgan fingerprint density at radius 3 is 2.95 bits per heavy atom. The maximum Gasteiger partial charge on any atom is 0.231 e. The van der Waals surface area contributed by atoms with E-state index in [1.807, 2.05) is 29.2 Å². The standard InChI is InChI=1S/C16H19N3O2/c17-16(21)10-19-8-12(15(20)9-19)7-11-5-6-18-14-4-2-1-3-13(11)14/h1-6,12,15,20H,7-10H2,(H2,17,21)/t12-,15+/m1/s1. The number of likely N-dealkylation sites (tertiary alicyclic amines) is 1. The number of hydrogen-bond acceptors (Lipinski definition) is 4. The molecule has 21 heavy (non-hydrogen) atoms. The molecule has 0 saturated carbocycles. The number of nitrogens with two attached hydrogens (primary N) is 1. The highest BCUT2D eigenvalue weighted by Gasteiger charge is 2.32. The normalized spacial score (nSPS) is 22.7. The number of amides is 1. The highest BCUT2D eigenvalue weighted by molar-refractivity contribution is 5.81. The first-order valence-electron chi connectivity index (χ1n) is 7.15.